The van der Waals surface area contributed by atoms with Crippen molar-refractivity contribution in [3.8, 4) is 5.75 Å². The molecular formula is C15H14ClFO2. The van der Waals surface area contributed by atoms with Gasteiger partial charge in [0.1, 0.15) is 11.6 Å². The van der Waals surface area contributed by atoms with Gasteiger partial charge in [-0.25, -0.2) is 4.39 Å². The van der Waals surface area contributed by atoms with Crippen molar-refractivity contribution in [1.29, 1.82) is 0 Å². The Bertz CT molecular complexity index is 572. The SMILES string of the molecule is COc1cccc(CC(O)c2ccc(F)cc2Cl)c1. The van der Waals surface area contributed by atoms with Crippen LogP contribution < -0.4 is 4.74 Å². The molecule has 2 rings (SSSR count). The van der Waals surface area contributed by atoms with Crippen LogP contribution in [0.2, 0.25) is 5.02 Å². The van der Waals surface area contributed by atoms with Crippen LogP contribution in [0.1, 0.15) is 17.2 Å². The lowest BCUT2D eigenvalue weighted by Crippen LogP contribution is -2.03. The number of hydrogen-bond acceptors (Lipinski definition) is 2. The van der Waals surface area contributed by atoms with E-state index < -0.39 is 11.9 Å². The first-order valence-electron chi connectivity index (χ1n) is 5.86. The standard InChI is InChI=1S/C15H14ClFO2/c1-19-12-4-2-3-10(7-12)8-15(18)13-6-5-11(17)9-14(13)16/h2-7,9,15,18H,8H2,1H3. The number of halogens is 2. The van der Waals surface area contributed by atoms with Crippen molar-refractivity contribution in [1.82, 2.24) is 0 Å². The Hall–Kier alpha value is -1.58. The van der Waals surface area contributed by atoms with Crippen molar-refractivity contribution in [2.75, 3.05) is 7.11 Å². The molecule has 1 atom stereocenters. The fraction of sp³-hybridized carbons (Fsp3) is 0.200. The predicted octanol–water partition coefficient (Wildman–Crippen LogP) is 3.76. The summed E-state index contributed by atoms with van der Waals surface area (Å²) in [6.45, 7) is 0. The largest absolute Gasteiger partial charge is 0.497 e. The molecule has 0 spiro atoms. The third kappa shape index (κ3) is 3.46. The molecule has 1 N–H and O–H groups in total. The molecule has 0 saturated heterocycles. The number of benzene rings is 2. The Labute approximate surface area is 116 Å². The maximum absolute atomic E-state index is 13.0. The highest BCUT2D eigenvalue weighted by Gasteiger charge is 2.13. The summed E-state index contributed by atoms with van der Waals surface area (Å²) in [7, 11) is 1.59. The van der Waals surface area contributed by atoms with E-state index in [4.69, 9.17) is 16.3 Å². The van der Waals surface area contributed by atoms with Crippen molar-refractivity contribution in [3.05, 3.63) is 64.4 Å². The van der Waals surface area contributed by atoms with Gasteiger partial charge in [0.2, 0.25) is 0 Å². The lowest BCUT2D eigenvalue weighted by atomic mass is 10.0. The molecule has 0 fully saturated rings. The quantitative estimate of drug-likeness (QED) is 0.924. The van der Waals surface area contributed by atoms with Crippen molar-refractivity contribution < 1.29 is 14.2 Å². The maximum Gasteiger partial charge on any atom is 0.124 e. The van der Waals surface area contributed by atoms with Crippen LogP contribution >= 0.6 is 11.6 Å². The molecule has 0 aliphatic heterocycles. The van der Waals surface area contributed by atoms with Gasteiger partial charge in [0, 0.05) is 11.4 Å². The van der Waals surface area contributed by atoms with Gasteiger partial charge in [-0.15, -0.1) is 0 Å². The highest BCUT2D eigenvalue weighted by Crippen LogP contribution is 2.27. The van der Waals surface area contributed by atoms with Crippen LogP contribution in [0.5, 0.6) is 5.75 Å². The van der Waals surface area contributed by atoms with Crippen molar-refractivity contribution >= 4 is 11.6 Å². The molecule has 2 aromatic rings. The van der Waals surface area contributed by atoms with Gasteiger partial charge in [-0.2, -0.15) is 0 Å². The van der Waals surface area contributed by atoms with Gasteiger partial charge in [0.25, 0.3) is 0 Å². The minimum absolute atomic E-state index is 0.232. The predicted molar refractivity (Wildman–Crippen MR) is 73.1 cm³/mol. The van der Waals surface area contributed by atoms with Gasteiger partial charge >= 0.3 is 0 Å². The monoisotopic (exact) mass is 280 g/mol. The third-order valence-electron chi connectivity index (χ3n) is 2.88. The zero-order valence-corrected chi connectivity index (χ0v) is 11.2. The summed E-state index contributed by atoms with van der Waals surface area (Å²) < 4.78 is 18.1. The number of aliphatic hydroxyl groups excluding tert-OH is 1. The van der Waals surface area contributed by atoms with Crippen LogP contribution in [0.3, 0.4) is 0 Å². The van der Waals surface area contributed by atoms with Gasteiger partial charge in [0.15, 0.2) is 0 Å². The van der Waals surface area contributed by atoms with Crippen molar-refractivity contribution in [2.45, 2.75) is 12.5 Å². The smallest absolute Gasteiger partial charge is 0.124 e. The summed E-state index contributed by atoms with van der Waals surface area (Å²) in [5, 5.41) is 10.4. The van der Waals surface area contributed by atoms with E-state index in [-0.39, 0.29) is 5.02 Å². The van der Waals surface area contributed by atoms with Crippen molar-refractivity contribution in [3.63, 3.8) is 0 Å². The lowest BCUT2D eigenvalue weighted by molar-refractivity contribution is 0.178. The van der Waals surface area contributed by atoms with Gasteiger partial charge in [-0.05, 0) is 35.4 Å². The van der Waals surface area contributed by atoms with Gasteiger partial charge in [-0.3, -0.25) is 0 Å². The van der Waals surface area contributed by atoms with Gasteiger partial charge in [-0.1, -0.05) is 29.8 Å². The average Bonchev–Trinajstić information content (AvgIpc) is 2.38. The number of hydrogen-bond donors (Lipinski definition) is 1. The molecule has 19 heavy (non-hydrogen) atoms. The molecule has 0 heterocycles. The summed E-state index contributed by atoms with van der Waals surface area (Å²) in [6, 6.07) is 11.4. The second-order valence-electron chi connectivity index (χ2n) is 4.24. The second kappa shape index (κ2) is 6.04. The van der Waals surface area contributed by atoms with Crippen LogP contribution in [0.25, 0.3) is 0 Å². The molecule has 2 nitrogen and oxygen atoms in total. The first-order valence-corrected chi connectivity index (χ1v) is 6.24. The topological polar surface area (TPSA) is 29.5 Å². The molecule has 0 bridgehead atoms. The van der Waals surface area contributed by atoms with E-state index in [0.29, 0.717) is 12.0 Å². The van der Waals surface area contributed by atoms with E-state index in [1.165, 1.54) is 18.2 Å². The Morgan fingerprint density at radius 2 is 2.05 bits per heavy atom. The second-order valence-corrected chi connectivity index (χ2v) is 4.64. The Balaban J connectivity index is 2.17. The molecule has 4 heteroatoms. The fourth-order valence-corrected chi connectivity index (χ4v) is 2.20. The van der Waals surface area contributed by atoms with Crippen molar-refractivity contribution in [2.24, 2.45) is 0 Å². The number of aliphatic hydroxyl groups is 1. The van der Waals surface area contributed by atoms with Gasteiger partial charge in [0.05, 0.1) is 13.2 Å². The number of ether oxygens (including phenoxy) is 1. The van der Waals surface area contributed by atoms with E-state index in [1.54, 1.807) is 7.11 Å². The molecule has 0 aliphatic rings. The van der Waals surface area contributed by atoms with Gasteiger partial charge < -0.3 is 9.84 Å². The molecular weight excluding hydrogens is 267 g/mol. The third-order valence-corrected chi connectivity index (χ3v) is 3.21. The summed E-state index contributed by atoms with van der Waals surface area (Å²) in [5.74, 6) is 0.317. The highest BCUT2D eigenvalue weighted by molar-refractivity contribution is 6.31. The Morgan fingerprint density at radius 1 is 1.26 bits per heavy atom. The zero-order valence-electron chi connectivity index (χ0n) is 10.4. The summed E-state index contributed by atoms with van der Waals surface area (Å²) in [4.78, 5) is 0. The first kappa shape index (κ1) is 13.8. The zero-order chi connectivity index (χ0) is 13.8. The first-order chi connectivity index (χ1) is 9.10. The summed E-state index contributed by atoms with van der Waals surface area (Å²) in [5.41, 5.74) is 1.44. The van der Waals surface area contributed by atoms with Crippen LogP contribution in [0, 0.1) is 5.82 Å². The molecule has 0 saturated carbocycles. The van der Waals surface area contributed by atoms with E-state index in [9.17, 15) is 9.50 Å². The molecule has 2 aromatic carbocycles. The van der Waals surface area contributed by atoms with Crippen LogP contribution in [-0.4, -0.2) is 12.2 Å². The van der Waals surface area contributed by atoms with Crippen LogP contribution in [0.4, 0.5) is 4.39 Å². The van der Waals surface area contributed by atoms with E-state index in [0.717, 1.165) is 11.3 Å². The molecule has 1 unspecified atom stereocenters. The van der Waals surface area contributed by atoms with Crippen LogP contribution in [0.15, 0.2) is 42.5 Å². The van der Waals surface area contributed by atoms with E-state index in [1.807, 2.05) is 24.3 Å². The Kier molecular flexibility index (Phi) is 4.40. The lowest BCUT2D eigenvalue weighted by Gasteiger charge is -2.13. The molecule has 100 valence electrons. The Morgan fingerprint density at radius 3 is 2.74 bits per heavy atom. The average molecular weight is 281 g/mol. The minimum Gasteiger partial charge on any atom is -0.497 e. The van der Waals surface area contributed by atoms with Crippen LogP contribution in [-0.2, 0) is 6.42 Å². The minimum atomic E-state index is -0.778. The molecule has 0 amide bonds. The summed E-state index contributed by atoms with van der Waals surface area (Å²) >= 11 is 5.92. The maximum atomic E-state index is 13.0. The normalized spacial score (nSPS) is 12.2. The van der Waals surface area contributed by atoms with E-state index in [2.05, 4.69) is 0 Å². The molecule has 0 radical (unpaired) electrons. The fourth-order valence-electron chi connectivity index (χ4n) is 1.90. The molecule has 0 aliphatic carbocycles. The highest BCUT2D eigenvalue weighted by atomic mass is 35.5. The number of methoxy groups -OCH3 is 1. The summed E-state index contributed by atoms with van der Waals surface area (Å²) in [6.07, 6.45) is -0.386. The van der Waals surface area contributed by atoms with E-state index >= 15 is 0 Å². The molecule has 0 aromatic heterocycles. The number of rotatable bonds is 4.